The lowest BCUT2D eigenvalue weighted by Gasteiger charge is -2.12. The molecule has 0 unspecified atom stereocenters. The van der Waals surface area contributed by atoms with Crippen molar-refractivity contribution in [1.82, 2.24) is 0 Å². The number of methoxy groups -OCH3 is 1. The van der Waals surface area contributed by atoms with Gasteiger partial charge in [0.1, 0.15) is 12.4 Å². The summed E-state index contributed by atoms with van der Waals surface area (Å²) in [5, 5.41) is 0. The second-order valence-corrected chi connectivity index (χ2v) is 5.38. The van der Waals surface area contributed by atoms with Crippen LogP contribution in [0.1, 0.15) is 16.7 Å². The molecule has 132 valence electrons. The molecule has 0 spiro atoms. The zero-order chi connectivity index (χ0) is 16.9. The van der Waals surface area contributed by atoms with E-state index in [1.165, 1.54) is 16.7 Å². The van der Waals surface area contributed by atoms with Crippen LogP contribution in [0, 0.1) is 20.8 Å². The lowest BCUT2D eigenvalue weighted by atomic mass is 10.1. The van der Waals surface area contributed by atoms with E-state index in [1.54, 1.807) is 7.11 Å². The first kappa shape index (κ1) is 19.9. The summed E-state index contributed by atoms with van der Waals surface area (Å²) in [6, 6.07) is 4.23. The fourth-order valence-corrected chi connectivity index (χ4v) is 2.05. The maximum Gasteiger partial charge on any atom is 0.122 e. The highest BCUT2D eigenvalue weighted by Gasteiger charge is 2.03. The largest absolute Gasteiger partial charge is 0.491 e. The Balaban J connectivity index is 1.98. The third-order valence-electron chi connectivity index (χ3n) is 3.43. The van der Waals surface area contributed by atoms with Crippen LogP contribution in [0.25, 0.3) is 0 Å². The Bertz CT molecular complexity index is 434. The van der Waals surface area contributed by atoms with Crippen molar-refractivity contribution < 1.29 is 23.7 Å². The number of aryl methyl sites for hydroxylation is 2. The van der Waals surface area contributed by atoms with Gasteiger partial charge in [0.2, 0.25) is 0 Å². The molecule has 1 aromatic rings. The van der Waals surface area contributed by atoms with E-state index in [-0.39, 0.29) is 0 Å². The molecule has 1 aromatic carbocycles. The summed E-state index contributed by atoms with van der Waals surface area (Å²) < 4.78 is 26.8. The first-order valence-corrected chi connectivity index (χ1v) is 8.08. The van der Waals surface area contributed by atoms with Crippen molar-refractivity contribution in [3.05, 3.63) is 28.8 Å². The number of hydrogen-bond acceptors (Lipinski definition) is 5. The summed E-state index contributed by atoms with van der Waals surface area (Å²) in [4.78, 5) is 0. The maximum absolute atomic E-state index is 5.78. The van der Waals surface area contributed by atoms with Gasteiger partial charge in [-0.3, -0.25) is 0 Å². The van der Waals surface area contributed by atoms with Gasteiger partial charge >= 0.3 is 0 Å². The smallest absolute Gasteiger partial charge is 0.122 e. The molecule has 5 heteroatoms. The Labute approximate surface area is 139 Å². The third-order valence-corrected chi connectivity index (χ3v) is 3.43. The summed E-state index contributed by atoms with van der Waals surface area (Å²) in [6.07, 6.45) is 0. The Morgan fingerprint density at radius 2 is 1.22 bits per heavy atom. The van der Waals surface area contributed by atoms with E-state index < -0.39 is 0 Å². The van der Waals surface area contributed by atoms with Crippen molar-refractivity contribution in [2.45, 2.75) is 20.8 Å². The van der Waals surface area contributed by atoms with Crippen LogP contribution >= 0.6 is 0 Å². The molecule has 5 nitrogen and oxygen atoms in total. The first-order chi connectivity index (χ1) is 11.1. The van der Waals surface area contributed by atoms with Crippen LogP contribution in [0.4, 0.5) is 0 Å². The van der Waals surface area contributed by atoms with E-state index in [9.17, 15) is 0 Å². The number of rotatable bonds is 13. The van der Waals surface area contributed by atoms with Crippen LogP contribution in [-0.4, -0.2) is 60.0 Å². The molecule has 23 heavy (non-hydrogen) atoms. The van der Waals surface area contributed by atoms with Gasteiger partial charge in [0.25, 0.3) is 0 Å². The van der Waals surface area contributed by atoms with Gasteiger partial charge in [-0.2, -0.15) is 0 Å². The normalized spacial score (nSPS) is 11.0. The quantitative estimate of drug-likeness (QED) is 0.522. The molecule has 0 saturated heterocycles. The van der Waals surface area contributed by atoms with Crippen molar-refractivity contribution in [2.75, 3.05) is 60.0 Å². The average Bonchev–Trinajstić information content (AvgIpc) is 2.52. The first-order valence-electron chi connectivity index (χ1n) is 8.08. The molecule has 0 atom stereocenters. The Hall–Kier alpha value is -1.14. The van der Waals surface area contributed by atoms with Crippen molar-refractivity contribution in [3.63, 3.8) is 0 Å². The molecule has 0 saturated carbocycles. The highest BCUT2D eigenvalue weighted by Crippen LogP contribution is 2.23. The lowest BCUT2D eigenvalue weighted by Crippen LogP contribution is -2.13. The topological polar surface area (TPSA) is 46.2 Å². The predicted molar refractivity (Wildman–Crippen MR) is 90.5 cm³/mol. The zero-order valence-corrected chi connectivity index (χ0v) is 14.9. The molecule has 0 radical (unpaired) electrons. The van der Waals surface area contributed by atoms with Gasteiger partial charge in [0.15, 0.2) is 0 Å². The number of ether oxygens (including phenoxy) is 5. The molecule has 0 aliphatic rings. The predicted octanol–water partition coefficient (Wildman–Crippen LogP) is 2.69. The monoisotopic (exact) mass is 326 g/mol. The Morgan fingerprint density at radius 3 is 1.78 bits per heavy atom. The van der Waals surface area contributed by atoms with Crippen molar-refractivity contribution in [3.8, 4) is 5.75 Å². The minimum absolute atomic E-state index is 0.545. The van der Waals surface area contributed by atoms with E-state index >= 15 is 0 Å². The van der Waals surface area contributed by atoms with Crippen LogP contribution in [0.15, 0.2) is 12.1 Å². The number of hydrogen-bond donors (Lipinski definition) is 0. The Morgan fingerprint density at radius 1 is 0.696 bits per heavy atom. The fraction of sp³-hybridized carbons (Fsp3) is 0.667. The van der Waals surface area contributed by atoms with Gasteiger partial charge in [-0.05, 0) is 43.5 Å². The SMILES string of the molecule is COCCOCCOCCOCCOc1cc(C)cc(C)c1C. The van der Waals surface area contributed by atoms with Crippen molar-refractivity contribution in [2.24, 2.45) is 0 Å². The van der Waals surface area contributed by atoms with E-state index in [4.69, 9.17) is 23.7 Å². The molecule has 0 aromatic heterocycles. The molecule has 0 amide bonds. The van der Waals surface area contributed by atoms with E-state index in [1.807, 2.05) is 0 Å². The van der Waals surface area contributed by atoms with Crippen LogP contribution in [-0.2, 0) is 18.9 Å². The van der Waals surface area contributed by atoms with Crippen LogP contribution in [0.2, 0.25) is 0 Å². The maximum atomic E-state index is 5.78. The standard InChI is InChI=1S/C18H30O5/c1-15-13-16(2)17(3)18(14-15)23-12-11-22-10-9-21-8-7-20-6-5-19-4/h13-14H,5-12H2,1-4H3. The zero-order valence-electron chi connectivity index (χ0n) is 14.9. The van der Waals surface area contributed by atoms with E-state index in [0.717, 1.165) is 5.75 Å². The molecular weight excluding hydrogens is 296 g/mol. The van der Waals surface area contributed by atoms with Gasteiger partial charge in [-0.15, -0.1) is 0 Å². The summed E-state index contributed by atoms with van der Waals surface area (Å²) in [5.74, 6) is 0.940. The fourth-order valence-electron chi connectivity index (χ4n) is 2.05. The van der Waals surface area contributed by atoms with Gasteiger partial charge in [0, 0.05) is 7.11 Å². The summed E-state index contributed by atoms with van der Waals surface area (Å²) in [5.41, 5.74) is 3.65. The van der Waals surface area contributed by atoms with Crippen molar-refractivity contribution >= 4 is 0 Å². The van der Waals surface area contributed by atoms with Gasteiger partial charge in [-0.25, -0.2) is 0 Å². The third kappa shape index (κ3) is 8.91. The van der Waals surface area contributed by atoms with Crippen LogP contribution < -0.4 is 4.74 Å². The van der Waals surface area contributed by atoms with Crippen LogP contribution in [0.5, 0.6) is 5.75 Å². The highest BCUT2D eigenvalue weighted by molar-refractivity contribution is 5.41. The average molecular weight is 326 g/mol. The molecule has 0 fully saturated rings. The highest BCUT2D eigenvalue weighted by atomic mass is 16.6. The minimum Gasteiger partial charge on any atom is -0.491 e. The molecule has 0 heterocycles. The Kier molecular flexibility index (Phi) is 10.6. The molecule has 0 N–H and O–H groups in total. The summed E-state index contributed by atoms with van der Waals surface area (Å²) in [6.45, 7) is 10.9. The van der Waals surface area contributed by atoms with Gasteiger partial charge in [-0.1, -0.05) is 6.07 Å². The summed E-state index contributed by atoms with van der Waals surface area (Å²) >= 11 is 0. The molecular formula is C18H30O5. The summed E-state index contributed by atoms with van der Waals surface area (Å²) in [7, 11) is 1.66. The lowest BCUT2D eigenvalue weighted by molar-refractivity contribution is 0.000138. The molecule has 1 rings (SSSR count). The molecule has 0 bridgehead atoms. The molecule has 0 aliphatic carbocycles. The van der Waals surface area contributed by atoms with Gasteiger partial charge in [0.05, 0.1) is 46.2 Å². The second-order valence-electron chi connectivity index (χ2n) is 5.38. The van der Waals surface area contributed by atoms with E-state index in [0.29, 0.717) is 52.9 Å². The minimum atomic E-state index is 0.545. The van der Waals surface area contributed by atoms with Gasteiger partial charge < -0.3 is 23.7 Å². The van der Waals surface area contributed by atoms with Crippen molar-refractivity contribution in [1.29, 1.82) is 0 Å². The number of benzene rings is 1. The van der Waals surface area contributed by atoms with Crippen LogP contribution in [0.3, 0.4) is 0 Å². The second kappa shape index (κ2) is 12.3. The molecule has 0 aliphatic heterocycles. The van der Waals surface area contributed by atoms with E-state index in [2.05, 4.69) is 32.9 Å².